The van der Waals surface area contributed by atoms with Crippen molar-refractivity contribution >= 4 is 12.0 Å². The summed E-state index contributed by atoms with van der Waals surface area (Å²) in [5.74, 6) is -0.244. The monoisotopic (exact) mass is 304 g/mol. The molecule has 1 N–H and O–H groups in total. The van der Waals surface area contributed by atoms with Crippen LogP contribution in [-0.4, -0.2) is 30.5 Å². The van der Waals surface area contributed by atoms with E-state index in [0.29, 0.717) is 28.9 Å². The van der Waals surface area contributed by atoms with Crippen molar-refractivity contribution in [3.05, 3.63) is 29.1 Å². The number of halogens is 1. The second-order valence-electron chi connectivity index (χ2n) is 7.35. The Morgan fingerprint density at radius 1 is 1.32 bits per heavy atom. The molecular weight excluding hydrogens is 279 g/mol. The Labute approximate surface area is 131 Å². The average molecular weight is 304 g/mol. The van der Waals surface area contributed by atoms with E-state index in [-0.39, 0.29) is 11.4 Å². The van der Waals surface area contributed by atoms with Crippen molar-refractivity contribution in [1.29, 1.82) is 0 Å². The van der Waals surface area contributed by atoms with E-state index in [4.69, 9.17) is 0 Å². The van der Waals surface area contributed by atoms with Crippen LogP contribution < -0.4 is 10.2 Å². The summed E-state index contributed by atoms with van der Waals surface area (Å²) in [4.78, 5) is 13.2. The molecule has 0 spiro atoms. The molecule has 22 heavy (non-hydrogen) atoms. The predicted octanol–water partition coefficient (Wildman–Crippen LogP) is 3.45. The van der Waals surface area contributed by atoms with E-state index in [2.05, 4.69) is 24.1 Å². The summed E-state index contributed by atoms with van der Waals surface area (Å²) >= 11 is 0. The lowest BCUT2D eigenvalue weighted by Gasteiger charge is -2.52. The number of rotatable bonds is 2. The molecule has 1 aromatic rings. The molecule has 1 heterocycles. The van der Waals surface area contributed by atoms with Crippen LogP contribution in [-0.2, 0) is 0 Å². The zero-order valence-electron chi connectivity index (χ0n) is 13.7. The van der Waals surface area contributed by atoms with E-state index >= 15 is 0 Å². The Morgan fingerprint density at radius 3 is 2.77 bits per heavy atom. The smallest absolute Gasteiger partial charge is 0.150 e. The van der Waals surface area contributed by atoms with Crippen molar-refractivity contribution in [2.45, 2.75) is 64.1 Å². The molecular formula is C18H25FN2O. The molecule has 1 aliphatic heterocycles. The van der Waals surface area contributed by atoms with E-state index in [1.54, 1.807) is 19.1 Å². The quantitative estimate of drug-likeness (QED) is 0.849. The second-order valence-corrected chi connectivity index (χ2v) is 7.35. The van der Waals surface area contributed by atoms with Gasteiger partial charge in [0.1, 0.15) is 12.1 Å². The van der Waals surface area contributed by atoms with Crippen LogP contribution in [0.4, 0.5) is 10.1 Å². The van der Waals surface area contributed by atoms with Crippen LogP contribution in [0.15, 0.2) is 12.1 Å². The topological polar surface area (TPSA) is 32.3 Å². The third kappa shape index (κ3) is 2.65. The standard InChI is InChI=1S/C18H25FN2O/c1-12-13(10-22)8-9-16(17(12)19)21-11-18(2,3)20-14-6-4-5-7-15(14)21/h8-10,14-15,20H,4-7,11H2,1-3H3/t14-,15+/m0/s1. The lowest BCUT2D eigenvalue weighted by Crippen LogP contribution is -2.67. The first kappa shape index (κ1) is 15.5. The molecule has 4 heteroatoms. The number of hydrogen-bond donors (Lipinski definition) is 1. The van der Waals surface area contributed by atoms with Crippen LogP contribution in [0, 0.1) is 12.7 Å². The number of nitrogens with one attached hydrogen (secondary N) is 1. The normalized spacial score (nSPS) is 27.4. The molecule has 0 aromatic heterocycles. The van der Waals surface area contributed by atoms with Gasteiger partial charge in [0.15, 0.2) is 0 Å². The van der Waals surface area contributed by atoms with Crippen LogP contribution in [0.1, 0.15) is 55.5 Å². The van der Waals surface area contributed by atoms with Gasteiger partial charge in [-0.1, -0.05) is 12.8 Å². The molecule has 3 nitrogen and oxygen atoms in total. The van der Waals surface area contributed by atoms with Gasteiger partial charge in [-0.2, -0.15) is 0 Å². The number of nitrogens with zero attached hydrogens (tertiary/aromatic N) is 1. The van der Waals surface area contributed by atoms with E-state index in [0.717, 1.165) is 25.7 Å². The summed E-state index contributed by atoms with van der Waals surface area (Å²) in [6, 6.07) is 4.29. The Balaban J connectivity index is 2.01. The highest BCUT2D eigenvalue weighted by Gasteiger charge is 2.41. The van der Waals surface area contributed by atoms with Crippen LogP contribution in [0.3, 0.4) is 0 Å². The van der Waals surface area contributed by atoms with E-state index < -0.39 is 0 Å². The predicted molar refractivity (Wildman–Crippen MR) is 87.1 cm³/mol. The summed E-state index contributed by atoms with van der Waals surface area (Å²) in [5, 5.41) is 3.73. The molecule has 0 unspecified atom stereocenters. The summed E-state index contributed by atoms with van der Waals surface area (Å²) in [7, 11) is 0. The molecule has 3 rings (SSSR count). The molecule has 1 saturated heterocycles. The number of carbonyl (C=O) groups is 1. The number of benzene rings is 1. The number of hydrogen-bond acceptors (Lipinski definition) is 3. The minimum Gasteiger partial charge on any atom is -0.363 e. The minimum absolute atomic E-state index is 0.0395. The Kier molecular flexibility index (Phi) is 3.98. The van der Waals surface area contributed by atoms with Gasteiger partial charge in [-0.05, 0) is 51.3 Å². The van der Waals surface area contributed by atoms with Gasteiger partial charge in [0, 0.05) is 29.7 Å². The van der Waals surface area contributed by atoms with E-state index in [9.17, 15) is 9.18 Å². The molecule has 120 valence electrons. The molecule has 2 aliphatic rings. The molecule has 2 atom stereocenters. The molecule has 1 saturated carbocycles. The van der Waals surface area contributed by atoms with Crippen molar-refractivity contribution in [2.24, 2.45) is 0 Å². The minimum atomic E-state index is -0.244. The highest BCUT2D eigenvalue weighted by atomic mass is 19.1. The largest absolute Gasteiger partial charge is 0.363 e. The fraction of sp³-hybridized carbons (Fsp3) is 0.611. The highest BCUT2D eigenvalue weighted by Crippen LogP contribution is 2.35. The second kappa shape index (κ2) is 5.65. The summed E-state index contributed by atoms with van der Waals surface area (Å²) < 4.78 is 14.8. The maximum absolute atomic E-state index is 14.8. The van der Waals surface area contributed by atoms with Crippen molar-refractivity contribution < 1.29 is 9.18 Å². The first-order valence-electron chi connectivity index (χ1n) is 8.21. The van der Waals surface area contributed by atoms with Gasteiger partial charge >= 0.3 is 0 Å². The van der Waals surface area contributed by atoms with Gasteiger partial charge < -0.3 is 10.2 Å². The number of fused-ring (bicyclic) bond motifs is 1. The van der Waals surface area contributed by atoms with Crippen molar-refractivity contribution in [3.8, 4) is 0 Å². The lowest BCUT2D eigenvalue weighted by atomic mass is 9.83. The van der Waals surface area contributed by atoms with Crippen LogP contribution in [0.5, 0.6) is 0 Å². The van der Waals surface area contributed by atoms with Gasteiger partial charge in [0.25, 0.3) is 0 Å². The summed E-state index contributed by atoms with van der Waals surface area (Å²) in [6.07, 6.45) is 5.42. The average Bonchev–Trinajstić information content (AvgIpc) is 2.48. The first-order valence-corrected chi connectivity index (χ1v) is 8.21. The van der Waals surface area contributed by atoms with Gasteiger partial charge in [-0.15, -0.1) is 0 Å². The molecule has 1 aromatic carbocycles. The SMILES string of the molecule is Cc1c(C=O)ccc(N2CC(C)(C)N[C@H]3CCCC[C@H]32)c1F. The van der Waals surface area contributed by atoms with Crippen molar-refractivity contribution in [1.82, 2.24) is 5.32 Å². The molecule has 0 radical (unpaired) electrons. The zero-order chi connectivity index (χ0) is 15.9. The first-order chi connectivity index (χ1) is 10.4. The van der Waals surface area contributed by atoms with Gasteiger partial charge in [0.05, 0.1) is 5.69 Å². The molecule has 1 aliphatic carbocycles. The van der Waals surface area contributed by atoms with Gasteiger partial charge in [-0.25, -0.2) is 4.39 Å². The third-order valence-electron chi connectivity index (χ3n) is 5.12. The zero-order valence-corrected chi connectivity index (χ0v) is 13.7. The Bertz CT molecular complexity index is 585. The highest BCUT2D eigenvalue weighted by molar-refractivity contribution is 5.78. The lowest BCUT2D eigenvalue weighted by molar-refractivity contribution is 0.112. The number of aldehydes is 1. The third-order valence-corrected chi connectivity index (χ3v) is 5.12. The van der Waals surface area contributed by atoms with Crippen LogP contribution >= 0.6 is 0 Å². The molecule has 0 bridgehead atoms. The summed E-state index contributed by atoms with van der Waals surface area (Å²) in [5.41, 5.74) is 1.50. The maximum atomic E-state index is 14.8. The Morgan fingerprint density at radius 2 is 2.05 bits per heavy atom. The number of piperazine rings is 1. The fourth-order valence-electron chi connectivity index (χ4n) is 4.04. The maximum Gasteiger partial charge on any atom is 0.150 e. The Hall–Kier alpha value is -1.42. The number of anilines is 1. The van der Waals surface area contributed by atoms with Crippen LogP contribution in [0.25, 0.3) is 0 Å². The fourth-order valence-corrected chi connectivity index (χ4v) is 4.04. The molecule has 0 amide bonds. The molecule has 2 fully saturated rings. The van der Waals surface area contributed by atoms with Crippen LogP contribution in [0.2, 0.25) is 0 Å². The van der Waals surface area contributed by atoms with Crippen molar-refractivity contribution in [3.63, 3.8) is 0 Å². The van der Waals surface area contributed by atoms with E-state index in [1.807, 2.05) is 0 Å². The number of carbonyl (C=O) groups excluding carboxylic acids is 1. The van der Waals surface area contributed by atoms with E-state index in [1.165, 1.54) is 12.8 Å². The van der Waals surface area contributed by atoms with Gasteiger partial charge in [0.2, 0.25) is 0 Å². The van der Waals surface area contributed by atoms with Crippen molar-refractivity contribution in [2.75, 3.05) is 11.4 Å². The summed E-state index contributed by atoms with van der Waals surface area (Å²) in [6.45, 7) is 6.82. The van der Waals surface area contributed by atoms with Gasteiger partial charge in [-0.3, -0.25) is 4.79 Å².